The fraction of sp³-hybridized carbons (Fsp3) is 0.429. The number of nitrogens with one attached hydrogen (secondary N) is 1. The molecule has 0 bridgehead atoms. The molecule has 9 heteroatoms. The van der Waals surface area contributed by atoms with Crippen LogP contribution in [0.5, 0.6) is 0 Å². The first-order chi connectivity index (χ1) is 14.3. The third-order valence-electron chi connectivity index (χ3n) is 4.86. The van der Waals surface area contributed by atoms with E-state index in [1.807, 2.05) is 26.0 Å². The quantitative estimate of drug-likeness (QED) is 0.715. The second-order valence-corrected chi connectivity index (χ2v) is 9.58. The summed E-state index contributed by atoms with van der Waals surface area (Å²) in [7, 11) is -2.31. The average molecular weight is 433 g/mol. The standard InChI is InChI=1S/C21H28N4O4S/c1-16-13-25(14-17(2)29-16)20-10-9-18(11-22-20)12-23-21(26)15-24(3)30(27,28)19-7-5-4-6-8-19/h4-11,16-17H,12-15H2,1-3H3,(H,23,26). The maximum atomic E-state index is 12.5. The number of likely N-dealkylation sites (N-methyl/N-ethyl adjacent to an activating group) is 1. The van der Waals surface area contributed by atoms with Crippen molar-refractivity contribution in [1.82, 2.24) is 14.6 Å². The van der Waals surface area contributed by atoms with Crippen LogP contribution >= 0.6 is 0 Å². The van der Waals surface area contributed by atoms with Crippen molar-refractivity contribution in [2.24, 2.45) is 0 Å². The van der Waals surface area contributed by atoms with Gasteiger partial charge in [-0.2, -0.15) is 4.31 Å². The van der Waals surface area contributed by atoms with Gasteiger partial charge in [0.1, 0.15) is 5.82 Å². The van der Waals surface area contributed by atoms with E-state index in [0.29, 0.717) is 0 Å². The fourth-order valence-electron chi connectivity index (χ4n) is 3.39. The molecule has 8 nitrogen and oxygen atoms in total. The molecule has 0 radical (unpaired) electrons. The van der Waals surface area contributed by atoms with Gasteiger partial charge in [-0.25, -0.2) is 13.4 Å². The van der Waals surface area contributed by atoms with Crippen molar-refractivity contribution in [2.75, 3.05) is 31.6 Å². The third kappa shape index (κ3) is 5.56. The van der Waals surface area contributed by atoms with E-state index in [-0.39, 0.29) is 36.1 Å². The summed E-state index contributed by atoms with van der Waals surface area (Å²) >= 11 is 0. The molecule has 1 aliphatic rings. The van der Waals surface area contributed by atoms with E-state index in [1.165, 1.54) is 19.2 Å². The molecule has 1 N–H and O–H groups in total. The van der Waals surface area contributed by atoms with E-state index in [4.69, 9.17) is 4.74 Å². The van der Waals surface area contributed by atoms with Crippen LogP contribution < -0.4 is 10.2 Å². The summed E-state index contributed by atoms with van der Waals surface area (Å²) in [5.74, 6) is 0.498. The first kappa shape index (κ1) is 22.2. The van der Waals surface area contributed by atoms with Crippen molar-refractivity contribution in [3.63, 3.8) is 0 Å². The summed E-state index contributed by atoms with van der Waals surface area (Å²) in [5, 5.41) is 2.75. The van der Waals surface area contributed by atoms with Gasteiger partial charge in [0.15, 0.2) is 0 Å². The minimum absolute atomic E-state index is 0.152. The molecule has 1 fully saturated rings. The molecular weight excluding hydrogens is 404 g/mol. The van der Waals surface area contributed by atoms with E-state index in [2.05, 4.69) is 15.2 Å². The van der Waals surface area contributed by atoms with Crippen molar-refractivity contribution < 1.29 is 17.9 Å². The number of morpholine rings is 1. The maximum Gasteiger partial charge on any atom is 0.243 e. The Morgan fingerprint density at radius 2 is 1.83 bits per heavy atom. The predicted molar refractivity (Wildman–Crippen MR) is 115 cm³/mol. The van der Waals surface area contributed by atoms with Crippen molar-refractivity contribution in [3.8, 4) is 0 Å². The zero-order valence-corrected chi connectivity index (χ0v) is 18.3. The molecule has 1 aromatic heterocycles. The molecule has 3 rings (SSSR count). The fourth-order valence-corrected chi connectivity index (χ4v) is 4.54. The van der Waals surface area contributed by atoms with Gasteiger partial charge < -0.3 is 15.0 Å². The van der Waals surface area contributed by atoms with E-state index in [9.17, 15) is 13.2 Å². The number of carbonyl (C=O) groups excluding carboxylic acids is 1. The van der Waals surface area contributed by atoms with Crippen LogP contribution in [0.4, 0.5) is 5.82 Å². The smallest absolute Gasteiger partial charge is 0.243 e. The number of nitrogens with zero attached hydrogens (tertiary/aromatic N) is 3. The van der Waals surface area contributed by atoms with Gasteiger partial charge in [-0.15, -0.1) is 0 Å². The molecule has 2 aromatic rings. The third-order valence-corrected chi connectivity index (χ3v) is 6.68. The maximum absolute atomic E-state index is 12.5. The summed E-state index contributed by atoms with van der Waals surface area (Å²) in [4.78, 5) is 19.1. The Morgan fingerprint density at radius 1 is 1.17 bits per heavy atom. The van der Waals surface area contributed by atoms with Crippen LogP contribution in [0.15, 0.2) is 53.6 Å². The molecule has 30 heavy (non-hydrogen) atoms. The number of hydrogen-bond donors (Lipinski definition) is 1. The number of amides is 1. The number of ether oxygens (including phenoxy) is 1. The van der Waals surface area contributed by atoms with Gasteiger partial charge in [0.2, 0.25) is 15.9 Å². The van der Waals surface area contributed by atoms with Crippen molar-refractivity contribution >= 4 is 21.7 Å². The van der Waals surface area contributed by atoms with Crippen LogP contribution in [0.2, 0.25) is 0 Å². The molecule has 1 amide bonds. The highest BCUT2D eigenvalue weighted by Crippen LogP contribution is 2.18. The normalized spacial score (nSPS) is 19.7. The van der Waals surface area contributed by atoms with Crippen LogP contribution in [0, 0.1) is 0 Å². The Labute approximate surface area is 177 Å². The number of aromatic nitrogens is 1. The number of anilines is 1. The molecule has 0 saturated carbocycles. The summed E-state index contributed by atoms with van der Waals surface area (Å²) in [6, 6.07) is 11.9. The lowest BCUT2D eigenvalue weighted by Gasteiger charge is -2.36. The summed E-state index contributed by atoms with van der Waals surface area (Å²) in [5.41, 5.74) is 0.843. The molecule has 1 saturated heterocycles. The zero-order chi connectivity index (χ0) is 21.7. The topological polar surface area (TPSA) is 91.8 Å². The number of hydrogen-bond acceptors (Lipinski definition) is 6. The highest BCUT2D eigenvalue weighted by molar-refractivity contribution is 7.89. The minimum Gasteiger partial charge on any atom is -0.372 e. The predicted octanol–water partition coefficient (Wildman–Crippen LogP) is 1.63. The largest absolute Gasteiger partial charge is 0.372 e. The monoisotopic (exact) mass is 432 g/mol. The Bertz CT molecular complexity index is 941. The molecule has 0 aliphatic carbocycles. The lowest BCUT2D eigenvalue weighted by atomic mass is 10.2. The van der Waals surface area contributed by atoms with Crippen LogP contribution in [-0.4, -0.2) is 62.5 Å². The van der Waals surface area contributed by atoms with Gasteiger partial charge in [-0.05, 0) is 37.6 Å². The number of rotatable bonds is 7. The highest BCUT2D eigenvalue weighted by atomic mass is 32.2. The van der Waals surface area contributed by atoms with Crippen molar-refractivity contribution in [2.45, 2.75) is 37.5 Å². The number of carbonyl (C=O) groups is 1. The number of benzene rings is 1. The van der Waals surface area contributed by atoms with Crippen LogP contribution in [-0.2, 0) is 26.1 Å². The lowest BCUT2D eigenvalue weighted by Crippen LogP contribution is -2.45. The molecule has 2 heterocycles. The molecule has 0 spiro atoms. The Balaban J connectivity index is 1.52. The van der Waals surface area contributed by atoms with E-state index >= 15 is 0 Å². The molecule has 162 valence electrons. The average Bonchev–Trinajstić information content (AvgIpc) is 2.72. The van der Waals surface area contributed by atoms with Gasteiger partial charge >= 0.3 is 0 Å². The summed E-state index contributed by atoms with van der Waals surface area (Å²) in [6.07, 6.45) is 2.03. The first-order valence-electron chi connectivity index (χ1n) is 9.89. The second kappa shape index (κ2) is 9.55. The van der Waals surface area contributed by atoms with E-state index in [1.54, 1.807) is 24.4 Å². The van der Waals surface area contributed by atoms with Gasteiger partial charge in [-0.1, -0.05) is 24.3 Å². The van der Waals surface area contributed by atoms with Gasteiger partial charge in [0.05, 0.1) is 23.6 Å². The van der Waals surface area contributed by atoms with Crippen molar-refractivity contribution in [3.05, 3.63) is 54.2 Å². The van der Waals surface area contributed by atoms with Crippen LogP contribution in [0.3, 0.4) is 0 Å². The molecule has 2 atom stereocenters. The van der Waals surface area contributed by atoms with Crippen LogP contribution in [0.25, 0.3) is 0 Å². The second-order valence-electron chi connectivity index (χ2n) is 7.54. The Morgan fingerprint density at radius 3 is 2.43 bits per heavy atom. The van der Waals surface area contributed by atoms with Gasteiger partial charge in [0, 0.05) is 32.9 Å². The number of pyridine rings is 1. The lowest BCUT2D eigenvalue weighted by molar-refractivity contribution is -0.121. The molecular formula is C21H28N4O4S. The highest BCUT2D eigenvalue weighted by Gasteiger charge is 2.24. The molecule has 2 unspecified atom stereocenters. The molecule has 1 aromatic carbocycles. The molecule has 1 aliphatic heterocycles. The zero-order valence-electron chi connectivity index (χ0n) is 17.5. The first-order valence-corrected chi connectivity index (χ1v) is 11.3. The number of sulfonamides is 1. The SMILES string of the molecule is CC1CN(c2ccc(CNC(=O)CN(C)S(=O)(=O)c3ccccc3)cn2)CC(C)O1. The summed E-state index contributed by atoms with van der Waals surface area (Å²) < 4.78 is 31.8. The summed E-state index contributed by atoms with van der Waals surface area (Å²) in [6.45, 7) is 5.68. The van der Waals surface area contributed by atoms with E-state index in [0.717, 1.165) is 28.8 Å². The van der Waals surface area contributed by atoms with Gasteiger partial charge in [0.25, 0.3) is 0 Å². The van der Waals surface area contributed by atoms with Crippen molar-refractivity contribution in [1.29, 1.82) is 0 Å². The van der Waals surface area contributed by atoms with E-state index < -0.39 is 10.0 Å². The van der Waals surface area contributed by atoms with Crippen LogP contribution in [0.1, 0.15) is 19.4 Å². The Kier molecular flexibility index (Phi) is 7.06. The van der Waals surface area contributed by atoms with Gasteiger partial charge in [-0.3, -0.25) is 4.79 Å². The minimum atomic E-state index is -3.70. The Hall–Kier alpha value is -2.49.